The molecule has 16 heavy (non-hydrogen) atoms. The van der Waals surface area contributed by atoms with Crippen LogP contribution in [0.25, 0.3) is 0 Å². The highest BCUT2D eigenvalue weighted by atomic mass is 16.1. The molecule has 3 N–H and O–H groups in total. The zero-order valence-electron chi connectivity index (χ0n) is 8.82. The molecule has 1 aromatic rings. The SMILES string of the molecule is O=C(CCNc1cc(=O)[nH]cn1)NC1CC1. The van der Waals surface area contributed by atoms with Crippen LogP contribution in [-0.2, 0) is 4.79 Å². The fourth-order valence-corrected chi connectivity index (χ4v) is 1.30. The lowest BCUT2D eigenvalue weighted by atomic mass is 10.4. The van der Waals surface area contributed by atoms with Gasteiger partial charge in [0.05, 0.1) is 6.33 Å². The molecule has 1 amide bonds. The van der Waals surface area contributed by atoms with Gasteiger partial charge in [0.15, 0.2) is 0 Å². The van der Waals surface area contributed by atoms with E-state index in [4.69, 9.17) is 0 Å². The quantitative estimate of drug-likeness (QED) is 0.646. The summed E-state index contributed by atoms with van der Waals surface area (Å²) in [7, 11) is 0. The van der Waals surface area contributed by atoms with Crippen molar-refractivity contribution < 1.29 is 4.79 Å². The molecule has 86 valence electrons. The van der Waals surface area contributed by atoms with E-state index in [0.29, 0.717) is 24.8 Å². The molecule has 0 saturated heterocycles. The molecule has 0 aromatic carbocycles. The largest absolute Gasteiger partial charge is 0.369 e. The number of hydrogen-bond donors (Lipinski definition) is 3. The molecule has 1 aliphatic carbocycles. The standard InChI is InChI=1S/C10H14N4O2/c15-9(14-7-1-2-7)3-4-11-8-5-10(16)13-6-12-8/h5-7H,1-4H2,(H,14,15)(H2,11,12,13,16). The van der Waals surface area contributed by atoms with Gasteiger partial charge in [0.25, 0.3) is 5.56 Å². The van der Waals surface area contributed by atoms with Crippen molar-refractivity contribution in [1.82, 2.24) is 15.3 Å². The van der Waals surface area contributed by atoms with Crippen molar-refractivity contribution >= 4 is 11.7 Å². The summed E-state index contributed by atoms with van der Waals surface area (Å²) in [6.07, 6.45) is 3.91. The molecular weight excluding hydrogens is 208 g/mol. The summed E-state index contributed by atoms with van der Waals surface area (Å²) in [5, 5.41) is 5.80. The number of amides is 1. The molecule has 1 aromatic heterocycles. The van der Waals surface area contributed by atoms with Gasteiger partial charge in [0, 0.05) is 25.1 Å². The van der Waals surface area contributed by atoms with Gasteiger partial charge in [-0.15, -0.1) is 0 Å². The van der Waals surface area contributed by atoms with Gasteiger partial charge < -0.3 is 15.6 Å². The lowest BCUT2D eigenvalue weighted by Crippen LogP contribution is -2.27. The number of rotatable bonds is 5. The van der Waals surface area contributed by atoms with E-state index in [9.17, 15) is 9.59 Å². The summed E-state index contributed by atoms with van der Waals surface area (Å²) in [6.45, 7) is 0.481. The predicted molar refractivity (Wildman–Crippen MR) is 59.1 cm³/mol. The molecule has 1 saturated carbocycles. The minimum Gasteiger partial charge on any atom is -0.369 e. The smallest absolute Gasteiger partial charge is 0.252 e. The topological polar surface area (TPSA) is 86.9 Å². The number of carbonyl (C=O) groups is 1. The predicted octanol–water partition coefficient (Wildman–Crippen LogP) is -0.150. The summed E-state index contributed by atoms with van der Waals surface area (Å²) >= 11 is 0. The number of anilines is 1. The average Bonchev–Trinajstić information content (AvgIpc) is 3.02. The number of aromatic nitrogens is 2. The highest BCUT2D eigenvalue weighted by Gasteiger charge is 2.22. The van der Waals surface area contributed by atoms with Gasteiger partial charge in [-0.1, -0.05) is 0 Å². The van der Waals surface area contributed by atoms with E-state index in [1.807, 2.05) is 0 Å². The van der Waals surface area contributed by atoms with E-state index in [1.165, 1.54) is 12.4 Å². The number of aromatic amines is 1. The van der Waals surface area contributed by atoms with Crippen LogP contribution in [0.1, 0.15) is 19.3 Å². The molecule has 1 fully saturated rings. The first-order chi connectivity index (χ1) is 7.74. The van der Waals surface area contributed by atoms with E-state index < -0.39 is 0 Å². The number of H-pyrrole nitrogens is 1. The van der Waals surface area contributed by atoms with Crippen molar-refractivity contribution in [3.05, 3.63) is 22.7 Å². The van der Waals surface area contributed by atoms with E-state index >= 15 is 0 Å². The molecule has 1 aliphatic rings. The molecule has 0 atom stereocenters. The fourth-order valence-electron chi connectivity index (χ4n) is 1.30. The van der Waals surface area contributed by atoms with E-state index in [2.05, 4.69) is 20.6 Å². The third kappa shape index (κ3) is 3.38. The van der Waals surface area contributed by atoms with Crippen LogP contribution < -0.4 is 16.2 Å². The Hall–Kier alpha value is -1.85. The molecule has 6 heteroatoms. The normalized spacial score (nSPS) is 14.5. The molecule has 1 heterocycles. The summed E-state index contributed by atoms with van der Waals surface area (Å²) in [5.41, 5.74) is -0.208. The average molecular weight is 222 g/mol. The second-order valence-corrected chi connectivity index (χ2v) is 3.81. The number of hydrogen-bond acceptors (Lipinski definition) is 4. The second-order valence-electron chi connectivity index (χ2n) is 3.81. The third-order valence-electron chi connectivity index (χ3n) is 2.28. The Kier molecular flexibility index (Phi) is 3.19. The van der Waals surface area contributed by atoms with Crippen molar-refractivity contribution in [3.8, 4) is 0 Å². The molecular formula is C10H14N4O2. The lowest BCUT2D eigenvalue weighted by Gasteiger charge is -2.05. The van der Waals surface area contributed by atoms with Crippen LogP contribution in [0, 0.1) is 0 Å². The minimum absolute atomic E-state index is 0.0415. The first-order valence-electron chi connectivity index (χ1n) is 5.32. The van der Waals surface area contributed by atoms with Crippen LogP contribution in [0.15, 0.2) is 17.2 Å². The highest BCUT2D eigenvalue weighted by Crippen LogP contribution is 2.18. The summed E-state index contributed by atoms with van der Waals surface area (Å²) < 4.78 is 0. The van der Waals surface area contributed by atoms with Crippen molar-refractivity contribution in [2.45, 2.75) is 25.3 Å². The monoisotopic (exact) mass is 222 g/mol. The Balaban J connectivity index is 1.70. The van der Waals surface area contributed by atoms with Gasteiger partial charge in [-0.25, -0.2) is 4.98 Å². The third-order valence-corrected chi connectivity index (χ3v) is 2.28. The Morgan fingerprint density at radius 3 is 3.06 bits per heavy atom. The maximum absolute atomic E-state index is 11.3. The second kappa shape index (κ2) is 4.78. The first-order valence-corrected chi connectivity index (χ1v) is 5.32. The van der Waals surface area contributed by atoms with Gasteiger partial charge in [-0.2, -0.15) is 0 Å². The first kappa shape index (κ1) is 10.7. The van der Waals surface area contributed by atoms with Crippen LogP contribution >= 0.6 is 0 Å². The van der Waals surface area contributed by atoms with Crippen LogP contribution in [-0.4, -0.2) is 28.5 Å². The zero-order valence-corrected chi connectivity index (χ0v) is 8.82. The molecule has 0 bridgehead atoms. The molecule has 2 rings (SSSR count). The lowest BCUT2D eigenvalue weighted by molar-refractivity contribution is -0.120. The Labute approximate surface area is 92.5 Å². The zero-order chi connectivity index (χ0) is 11.4. The number of nitrogens with zero attached hydrogens (tertiary/aromatic N) is 1. The van der Waals surface area contributed by atoms with Gasteiger partial charge in [0.1, 0.15) is 5.82 Å². The molecule has 0 unspecified atom stereocenters. The van der Waals surface area contributed by atoms with Crippen molar-refractivity contribution in [1.29, 1.82) is 0 Å². The number of nitrogens with one attached hydrogen (secondary N) is 3. The van der Waals surface area contributed by atoms with Gasteiger partial charge in [0.2, 0.25) is 5.91 Å². The fraction of sp³-hybridized carbons (Fsp3) is 0.500. The Bertz CT molecular complexity index is 425. The van der Waals surface area contributed by atoms with Gasteiger partial charge >= 0.3 is 0 Å². The van der Waals surface area contributed by atoms with Crippen LogP contribution in [0.2, 0.25) is 0 Å². The summed E-state index contributed by atoms with van der Waals surface area (Å²) in [6, 6.07) is 1.75. The van der Waals surface area contributed by atoms with Gasteiger partial charge in [-0.3, -0.25) is 9.59 Å². The summed E-state index contributed by atoms with van der Waals surface area (Å²) in [4.78, 5) is 28.6. The van der Waals surface area contributed by atoms with E-state index in [-0.39, 0.29) is 11.5 Å². The molecule has 0 radical (unpaired) electrons. The minimum atomic E-state index is -0.208. The van der Waals surface area contributed by atoms with E-state index in [1.54, 1.807) is 0 Å². The molecule has 6 nitrogen and oxygen atoms in total. The maximum Gasteiger partial charge on any atom is 0.252 e. The summed E-state index contributed by atoms with van der Waals surface area (Å²) in [5.74, 6) is 0.530. The van der Waals surface area contributed by atoms with Crippen LogP contribution in [0.3, 0.4) is 0 Å². The molecule has 0 spiro atoms. The van der Waals surface area contributed by atoms with Crippen molar-refractivity contribution in [2.75, 3.05) is 11.9 Å². The van der Waals surface area contributed by atoms with Gasteiger partial charge in [-0.05, 0) is 12.8 Å². The Morgan fingerprint density at radius 2 is 2.38 bits per heavy atom. The Morgan fingerprint density at radius 1 is 1.56 bits per heavy atom. The highest BCUT2D eigenvalue weighted by molar-refractivity contribution is 5.77. The van der Waals surface area contributed by atoms with E-state index in [0.717, 1.165) is 12.8 Å². The van der Waals surface area contributed by atoms with Crippen LogP contribution in [0.5, 0.6) is 0 Å². The van der Waals surface area contributed by atoms with Crippen molar-refractivity contribution in [2.24, 2.45) is 0 Å². The van der Waals surface area contributed by atoms with Crippen LogP contribution in [0.4, 0.5) is 5.82 Å². The maximum atomic E-state index is 11.3. The van der Waals surface area contributed by atoms with Crippen molar-refractivity contribution in [3.63, 3.8) is 0 Å². The molecule has 0 aliphatic heterocycles. The number of carbonyl (C=O) groups excluding carboxylic acids is 1.